The fourth-order valence-electron chi connectivity index (χ4n) is 3.76. The number of hydrogen-bond acceptors (Lipinski definition) is 5. The van der Waals surface area contributed by atoms with Crippen molar-refractivity contribution < 1.29 is 14.3 Å². The van der Waals surface area contributed by atoms with Gasteiger partial charge < -0.3 is 19.7 Å². The number of anilines is 1. The van der Waals surface area contributed by atoms with Gasteiger partial charge in [-0.25, -0.2) is 4.98 Å². The number of pyridine rings is 1. The molecule has 1 N–H and O–H groups in total. The van der Waals surface area contributed by atoms with Gasteiger partial charge >= 0.3 is 0 Å². The van der Waals surface area contributed by atoms with Crippen molar-refractivity contribution in [1.82, 2.24) is 10.3 Å². The predicted octanol–water partition coefficient (Wildman–Crippen LogP) is 2.83. The Morgan fingerprint density at radius 3 is 2.67 bits per heavy atom. The molecule has 2 aliphatic heterocycles. The zero-order valence-corrected chi connectivity index (χ0v) is 15.8. The topological polar surface area (TPSA) is 63.7 Å². The second-order valence-electron chi connectivity index (χ2n) is 7.19. The average molecular weight is 367 g/mol. The van der Waals surface area contributed by atoms with Crippen LogP contribution < -0.4 is 15.0 Å². The van der Waals surface area contributed by atoms with Crippen LogP contribution >= 0.6 is 0 Å². The van der Waals surface area contributed by atoms with E-state index in [1.807, 2.05) is 37.3 Å². The van der Waals surface area contributed by atoms with Gasteiger partial charge in [0.2, 0.25) is 0 Å². The van der Waals surface area contributed by atoms with Gasteiger partial charge in [-0.2, -0.15) is 0 Å². The molecular formula is C21H25N3O3. The van der Waals surface area contributed by atoms with Gasteiger partial charge in [0.25, 0.3) is 5.91 Å². The highest BCUT2D eigenvalue weighted by molar-refractivity contribution is 5.98. The number of fused-ring (bicyclic) bond motifs is 1. The number of aromatic nitrogens is 1. The molecule has 0 spiro atoms. The number of benzene rings is 1. The second kappa shape index (κ2) is 7.56. The Morgan fingerprint density at radius 1 is 1.22 bits per heavy atom. The number of carbonyl (C=O) groups is 1. The van der Waals surface area contributed by atoms with Gasteiger partial charge in [-0.3, -0.25) is 4.79 Å². The number of methoxy groups -OCH3 is 1. The molecule has 142 valence electrons. The third kappa shape index (κ3) is 3.76. The minimum atomic E-state index is -0.0178. The summed E-state index contributed by atoms with van der Waals surface area (Å²) >= 11 is 0. The highest BCUT2D eigenvalue weighted by Gasteiger charge is 2.26. The van der Waals surface area contributed by atoms with E-state index in [1.165, 1.54) is 0 Å². The zero-order chi connectivity index (χ0) is 18.8. The second-order valence-corrected chi connectivity index (χ2v) is 7.19. The van der Waals surface area contributed by atoms with E-state index in [1.54, 1.807) is 7.11 Å². The lowest BCUT2D eigenvalue weighted by Gasteiger charge is -2.34. The fraction of sp³-hybridized carbons (Fsp3) is 0.429. The van der Waals surface area contributed by atoms with Crippen LogP contribution in [0.5, 0.6) is 5.75 Å². The molecule has 1 amide bonds. The van der Waals surface area contributed by atoms with Gasteiger partial charge in [0.05, 0.1) is 24.4 Å². The van der Waals surface area contributed by atoms with Crippen LogP contribution in [0, 0.1) is 6.92 Å². The van der Waals surface area contributed by atoms with Crippen LogP contribution in [0.15, 0.2) is 30.3 Å². The first kappa shape index (κ1) is 17.8. The molecule has 2 aliphatic rings. The van der Waals surface area contributed by atoms with E-state index in [0.717, 1.165) is 54.3 Å². The van der Waals surface area contributed by atoms with Crippen molar-refractivity contribution in [3.63, 3.8) is 0 Å². The van der Waals surface area contributed by atoms with Crippen LogP contribution in [0.4, 0.5) is 5.82 Å². The van der Waals surface area contributed by atoms with Crippen molar-refractivity contribution in [1.29, 1.82) is 0 Å². The molecule has 6 nitrogen and oxygen atoms in total. The minimum Gasteiger partial charge on any atom is -0.490 e. The van der Waals surface area contributed by atoms with E-state index in [2.05, 4.69) is 10.2 Å². The fourth-order valence-corrected chi connectivity index (χ4v) is 3.76. The standard InChI is InChI=1S/C21H25N3O3/c1-14-11-18-19(12-22-21(18)25)23-20(14)24-9-7-17(8-10-24)27-16-5-3-15(4-6-16)13-26-2/h3-6,11,17H,7-10,12-13H2,1-2H3,(H,22,25). The summed E-state index contributed by atoms with van der Waals surface area (Å²) in [6, 6.07) is 10.1. The molecule has 0 atom stereocenters. The molecule has 1 aromatic heterocycles. The summed E-state index contributed by atoms with van der Waals surface area (Å²) in [4.78, 5) is 18.8. The molecule has 3 heterocycles. The van der Waals surface area contributed by atoms with E-state index in [0.29, 0.717) is 18.7 Å². The molecule has 0 radical (unpaired) electrons. The molecule has 1 fully saturated rings. The Balaban J connectivity index is 1.37. The molecule has 2 aromatic rings. The highest BCUT2D eigenvalue weighted by Crippen LogP contribution is 2.27. The lowest BCUT2D eigenvalue weighted by molar-refractivity contribution is 0.0965. The largest absolute Gasteiger partial charge is 0.490 e. The molecule has 0 bridgehead atoms. The zero-order valence-electron chi connectivity index (χ0n) is 15.8. The quantitative estimate of drug-likeness (QED) is 0.880. The number of piperidine rings is 1. The first-order valence-electron chi connectivity index (χ1n) is 9.42. The van der Waals surface area contributed by atoms with Crippen molar-refractivity contribution in [3.8, 4) is 5.75 Å². The Morgan fingerprint density at radius 2 is 1.96 bits per heavy atom. The first-order chi connectivity index (χ1) is 13.1. The summed E-state index contributed by atoms with van der Waals surface area (Å²) in [5.41, 5.74) is 3.77. The Kier molecular flexibility index (Phi) is 4.99. The minimum absolute atomic E-state index is 0.0178. The normalized spacial score (nSPS) is 17.0. The predicted molar refractivity (Wildman–Crippen MR) is 103 cm³/mol. The molecule has 6 heteroatoms. The maximum absolute atomic E-state index is 11.8. The molecule has 0 saturated carbocycles. The van der Waals surface area contributed by atoms with E-state index in [9.17, 15) is 4.79 Å². The molecule has 0 unspecified atom stereocenters. The highest BCUT2D eigenvalue weighted by atomic mass is 16.5. The van der Waals surface area contributed by atoms with Crippen molar-refractivity contribution in [2.45, 2.75) is 39.0 Å². The van der Waals surface area contributed by atoms with Gasteiger partial charge in [0.1, 0.15) is 17.7 Å². The van der Waals surface area contributed by atoms with Crippen LogP contribution in [0.25, 0.3) is 0 Å². The van der Waals surface area contributed by atoms with Crippen molar-refractivity contribution in [3.05, 3.63) is 52.7 Å². The summed E-state index contributed by atoms with van der Waals surface area (Å²) < 4.78 is 11.3. The molecule has 27 heavy (non-hydrogen) atoms. The van der Waals surface area contributed by atoms with E-state index >= 15 is 0 Å². The summed E-state index contributed by atoms with van der Waals surface area (Å²) in [5, 5.41) is 2.84. The van der Waals surface area contributed by atoms with Gasteiger partial charge in [-0.1, -0.05) is 12.1 Å². The number of ether oxygens (including phenoxy) is 2. The van der Waals surface area contributed by atoms with E-state index in [4.69, 9.17) is 14.5 Å². The molecular weight excluding hydrogens is 342 g/mol. The Labute approximate surface area is 159 Å². The van der Waals surface area contributed by atoms with Crippen LogP contribution in [0.3, 0.4) is 0 Å². The smallest absolute Gasteiger partial charge is 0.253 e. The van der Waals surface area contributed by atoms with Crippen LogP contribution in [0.2, 0.25) is 0 Å². The van der Waals surface area contributed by atoms with Crippen molar-refractivity contribution in [2.24, 2.45) is 0 Å². The van der Waals surface area contributed by atoms with Crippen molar-refractivity contribution in [2.75, 3.05) is 25.1 Å². The molecule has 1 saturated heterocycles. The number of rotatable bonds is 5. The summed E-state index contributed by atoms with van der Waals surface area (Å²) in [5.74, 6) is 1.88. The molecule has 1 aromatic carbocycles. The van der Waals surface area contributed by atoms with Crippen molar-refractivity contribution >= 4 is 11.7 Å². The third-order valence-electron chi connectivity index (χ3n) is 5.20. The Bertz CT molecular complexity index is 827. The third-order valence-corrected chi connectivity index (χ3v) is 5.20. The average Bonchev–Trinajstić information content (AvgIpc) is 3.04. The van der Waals surface area contributed by atoms with Crippen LogP contribution in [0.1, 0.15) is 40.0 Å². The molecule has 0 aliphatic carbocycles. The monoisotopic (exact) mass is 367 g/mol. The van der Waals surface area contributed by atoms with Crippen LogP contribution in [-0.4, -0.2) is 37.2 Å². The van der Waals surface area contributed by atoms with Gasteiger partial charge in [0.15, 0.2) is 0 Å². The van der Waals surface area contributed by atoms with E-state index < -0.39 is 0 Å². The number of carbonyl (C=O) groups excluding carboxylic acids is 1. The number of nitrogens with zero attached hydrogens (tertiary/aromatic N) is 2. The van der Waals surface area contributed by atoms with Gasteiger partial charge in [-0.15, -0.1) is 0 Å². The lowest BCUT2D eigenvalue weighted by Crippen LogP contribution is -2.39. The maximum atomic E-state index is 11.8. The summed E-state index contributed by atoms with van der Waals surface area (Å²) in [7, 11) is 1.70. The van der Waals surface area contributed by atoms with E-state index in [-0.39, 0.29) is 12.0 Å². The summed E-state index contributed by atoms with van der Waals surface area (Å²) in [6.07, 6.45) is 2.12. The SMILES string of the molecule is COCc1ccc(OC2CCN(c3nc4c(cc3C)C(=O)NC4)CC2)cc1. The van der Waals surface area contributed by atoms with Gasteiger partial charge in [0, 0.05) is 33.0 Å². The first-order valence-corrected chi connectivity index (χ1v) is 9.42. The molecule has 4 rings (SSSR count). The number of amides is 1. The number of aryl methyl sites for hydroxylation is 1. The lowest BCUT2D eigenvalue weighted by atomic mass is 10.1. The van der Waals surface area contributed by atoms with Gasteiger partial charge in [-0.05, 0) is 36.2 Å². The Hall–Kier alpha value is -2.60. The number of nitrogens with one attached hydrogen (secondary N) is 1. The maximum Gasteiger partial charge on any atom is 0.253 e. The number of hydrogen-bond donors (Lipinski definition) is 1. The van der Waals surface area contributed by atoms with Crippen LogP contribution in [-0.2, 0) is 17.9 Å². The summed E-state index contributed by atoms with van der Waals surface area (Å²) in [6.45, 7) is 4.98.